The third-order valence-electron chi connectivity index (χ3n) is 3.46. The lowest BCUT2D eigenvalue weighted by atomic mass is 10.2. The number of aryl methyl sites for hydroxylation is 1. The van der Waals surface area contributed by atoms with Crippen LogP contribution in [0.4, 0.5) is 0 Å². The van der Waals surface area contributed by atoms with Crippen LogP contribution in [0, 0.1) is 6.92 Å². The Kier molecular flexibility index (Phi) is 6.43. The smallest absolute Gasteiger partial charge is 0.244 e. The molecule has 0 heterocycles. The quantitative estimate of drug-likeness (QED) is 0.791. The first-order chi connectivity index (χ1) is 11.6. The number of ether oxygens (including phenoxy) is 2. The van der Waals surface area contributed by atoms with Crippen molar-refractivity contribution < 1.29 is 14.3 Å². The van der Waals surface area contributed by atoms with E-state index in [1.165, 1.54) is 11.6 Å². The summed E-state index contributed by atoms with van der Waals surface area (Å²) in [5.74, 6) is 1.37. The van der Waals surface area contributed by atoms with Crippen molar-refractivity contribution in [3.8, 4) is 11.5 Å². The second kappa shape index (κ2) is 8.77. The number of hydrogen-bond acceptors (Lipinski definition) is 3. The standard InChI is InChI=1S/C20H23NO3/c1-15-8-11-18(12-9-15)24-14-16(2)21-20(22)13-10-17-6-4-5-7-19(17)23-3/h4-13,16H,14H2,1-3H3,(H,21,22)/b13-10+/t16-/m1/s1. The van der Waals surface area contributed by atoms with Gasteiger partial charge in [0.05, 0.1) is 13.2 Å². The molecule has 0 aliphatic rings. The zero-order valence-electron chi connectivity index (χ0n) is 14.3. The molecular weight excluding hydrogens is 302 g/mol. The zero-order chi connectivity index (χ0) is 17.4. The molecule has 0 aromatic heterocycles. The van der Waals surface area contributed by atoms with Gasteiger partial charge >= 0.3 is 0 Å². The van der Waals surface area contributed by atoms with Crippen LogP contribution in [-0.4, -0.2) is 25.7 Å². The molecule has 0 saturated heterocycles. The Bertz CT molecular complexity index is 692. The minimum Gasteiger partial charge on any atom is -0.496 e. The lowest BCUT2D eigenvalue weighted by Crippen LogP contribution is -2.35. The Labute approximate surface area is 143 Å². The molecule has 0 radical (unpaired) electrons. The second-order valence-corrected chi connectivity index (χ2v) is 5.61. The number of hydrogen-bond donors (Lipinski definition) is 1. The Morgan fingerprint density at radius 1 is 1.17 bits per heavy atom. The summed E-state index contributed by atoms with van der Waals surface area (Å²) in [7, 11) is 1.61. The summed E-state index contributed by atoms with van der Waals surface area (Å²) in [6, 6.07) is 15.3. The summed E-state index contributed by atoms with van der Waals surface area (Å²) in [5, 5.41) is 2.88. The van der Waals surface area contributed by atoms with Gasteiger partial charge in [0.15, 0.2) is 0 Å². The fourth-order valence-electron chi connectivity index (χ4n) is 2.16. The number of benzene rings is 2. The summed E-state index contributed by atoms with van der Waals surface area (Å²) < 4.78 is 10.9. The molecule has 1 N–H and O–H groups in total. The molecular formula is C20H23NO3. The lowest BCUT2D eigenvalue weighted by molar-refractivity contribution is -0.117. The van der Waals surface area contributed by atoms with Crippen LogP contribution in [0.2, 0.25) is 0 Å². The Hall–Kier alpha value is -2.75. The van der Waals surface area contributed by atoms with Gasteiger partial charge in [0, 0.05) is 11.6 Å². The number of carbonyl (C=O) groups excluding carboxylic acids is 1. The van der Waals surface area contributed by atoms with Gasteiger partial charge in [-0.25, -0.2) is 0 Å². The minimum absolute atomic E-state index is 0.0962. The molecule has 1 atom stereocenters. The molecule has 126 valence electrons. The summed E-state index contributed by atoms with van der Waals surface area (Å²) in [6.45, 7) is 4.35. The van der Waals surface area contributed by atoms with Crippen molar-refractivity contribution in [3.05, 3.63) is 65.7 Å². The van der Waals surface area contributed by atoms with Crippen LogP contribution in [-0.2, 0) is 4.79 Å². The van der Waals surface area contributed by atoms with Crippen LogP contribution in [0.1, 0.15) is 18.1 Å². The summed E-state index contributed by atoms with van der Waals surface area (Å²) >= 11 is 0. The molecule has 4 heteroatoms. The van der Waals surface area contributed by atoms with Gasteiger partial charge in [0.25, 0.3) is 0 Å². The lowest BCUT2D eigenvalue weighted by Gasteiger charge is -2.14. The summed E-state index contributed by atoms with van der Waals surface area (Å²) in [5.41, 5.74) is 2.05. The van der Waals surface area contributed by atoms with Gasteiger partial charge in [-0.15, -0.1) is 0 Å². The van der Waals surface area contributed by atoms with E-state index in [1.54, 1.807) is 13.2 Å². The maximum Gasteiger partial charge on any atom is 0.244 e. The largest absolute Gasteiger partial charge is 0.496 e. The monoisotopic (exact) mass is 325 g/mol. The molecule has 0 saturated carbocycles. The van der Waals surface area contributed by atoms with Crippen molar-refractivity contribution >= 4 is 12.0 Å². The average molecular weight is 325 g/mol. The number of amides is 1. The fourth-order valence-corrected chi connectivity index (χ4v) is 2.16. The first kappa shape index (κ1) is 17.6. The first-order valence-corrected chi connectivity index (χ1v) is 7.89. The highest BCUT2D eigenvalue weighted by Gasteiger charge is 2.06. The van der Waals surface area contributed by atoms with Gasteiger partial charge in [-0.1, -0.05) is 35.9 Å². The molecule has 0 fully saturated rings. The fraction of sp³-hybridized carbons (Fsp3) is 0.250. The SMILES string of the molecule is COc1ccccc1/C=C/C(=O)N[C@H](C)COc1ccc(C)cc1. The van der Waals surface area contributed by atoms with Crippen LogP contribution in [0.5, 0.6) is 11.5 Å². The van der Waals surface area contributed by atoms with E-state index in [9.17, 15) is 4.79 Å². The maximum atomic E-state index is 12.0. The molecule has 4 nitrogen and oxygen atoms in total. The van der Waals surface area contributed by atoms with E-state index in [1.807, 2.05) is 62.4 Å². The molecule has 2 rings (SSSR count). The van der Waals surface area contributed by atoms with Crippen LogP contribution in [0.3, 0.4) is 0 Å². The molecule has 0 aliphatic carbocycles. The van der Waals surface area contributed by atoms with Gasteiger partial charge in [0.2, 0.25) is 5.91 Å². The van der Waals surface area contributed by atoms with Crippen LogP contribution in [0.15, 0.2) is 54.6 Å². The van der Waals surface area contributed by atoms with E-state index in [0.717, 1.165) is 17.1 Å². The van der Waals surface area contributed by atoms with Crippen molar-refractivity contribution in [2.45, 2.75) is 19.9 Å². The van der Waals surface area contributed by atoms with Gasteiger partial charge in [-0.2, -0.15) is 0 Å². The van der Waals surface area contributed by atoms with Crippen molar-refractivity contribution in [3.63, 3.8) is 0 Å². The predicted octanol–water partition coefficient (Wildman–Crippen LogP) is 3.60. The van der Waals surface area contributed by atoms with Gasteiger partial charge in [0.1, 0.15) is 18.1 Å². The molecule has 0 spiro atoms. The topological polar surface area (TPSA) is 47.6 Å². The zero-order valence-corrected chi connectivity index (χ0v) is 14.3. The van der Waals surface area contributed by atoms with Crippen molar-refractivity contribution in [1.29, 1.82) is 0 Å². The predicted molar refractivity (Wildman–Crippen MR) is 96.3 cm³/mol. The van der Waals surface area contributed by atoms with E-state index in [4.69, 9.17) is 9.47 Å². The third-order valence-corrected chi connectivity index (χ3v) is 3.46. The summed E-state index contributed by atoms with van der Waals surface area (Å²) in [6.07, 6.45) is 3.24. The highest BCUT2D eigenvalue weighted by atomic mass is 16.5. The Balaban J connectivity index is 1.82. The average Bonchev–Trinajstić information content (AvgIpc) is 2.59. The van der Waals surface area contributed by atoms with Gasteiger partial charge in [-0.05, 0) is 38.1 Å². The molecule has 0 aliphatic heterocycles. The minimum atomic E-state index is -0.166. The van der Waals surface area contributed by atoms with Crippen molar-refractivity contribution in [1.82, 2.24) is 5.32 Å². The normalized spacial score (nSPS) is 12.0. The third kappa shape index (κ3) is 5.47. The number of rotatable bonds is 7. The Morgan fingerprint density at radius 2 is 1.88 bits per heavy atom. The van der Waals surface area contributed by atoms with Gasteiger partial charge < -0.3 is 14.8 Å². The van der Waals surface area contributed by atoms with Crippen molar-refractivity contribution in [2.75, 3.05) is 13.7 Å². The van der Waals surface area contributed by atoms with E-state index in [2.05, 4.69) is 5.32 Å². The molecule has 0 unspecified atom stereocenters. The molecule has 2 aromatic carbocycles. The maximum absolute atomic E-state index is 12.0. The molecule has 0 bridgehead atoms. The van der Waals surface area contributed by atoms with E-state index in [0.29, 0.717) is 6.61 Å². The summed E-state index contributed by atoms with van der Waals surface area (Å²) in [4.78, 5) is 12.0. The second-order valence-electron chi connectivity index (χ2n) is 5.61. The molecule has 24 heavy (non-hydrogen) atoms. The van der Waals surface area contributed by atoms with Gasteiger partial charge in [-0.3, -0.25) is 4.79 Å². The highest BCUT2D eigenvalue weighted by molar-refractivity contribution is 5.92. The van der Waals surface area contributed by atoms with Crippen LogP contribution in [0.25, 0.3) is 6.08 Å². The van der Waals surface area contributed by atoms with E-state index < -0.39 is 0 Å². The number of para-hydroxylation sites is 1. The number of methoxy groups -OCH3 is 1. The van der Waals surface area contributed by atoms with Crippen LogP contribution >= 0.6 is 0 Å². The molecule has 1 amide bonds. The number of nitrogens with one attached hydrogen (secondary N) is 1. The van der Waals surface area contributed by atoms with E-state index in [-0.39, 0.29) is 11.9 Å². The van der Waals surface area contributed by atoms with Crippen molar-refractivity contribution in [2.24, 2.45) is 0 Å². The first-order valence-electron chi connectivity index (χ1n) is 7.89. The molecule has 2 aromatic rings. The van der Waals surface area contributed by atoms with E-state index >= 15 is 0 Å². The Morgan fingerprint density at radius 3 is 2.58 bits per heavy atom. The number of carbonyl (C=O) groups is 1. The highest BCUT2D eigenvalue weighted by Crippen LogP contribution is 2.18. The van der Waals surface area contributed by atoms with Crippen LogP contribution < -0.4 is 14.8 Å².